The molecular weight excluding hydrogens is 529 g/mol. The van der Waals surface area contributed by atoms with Crippen molar-refractivity contribution in [3.8, 4) is 11.3 Å². The number of hydrogen-bond acceptors (Lipinski definition) is 8. The van der Waals surface area contributed by atoms with Crippen molar-refractivity contribution in [2.24, 2.45) is 0 Å². The van der Waals surface area contributed by atoms with Crippen LogP contribution in [0.25, 0.3) is 31.4 Å². The molecule has 4 heterocycles. The molecule has 6 rings (SSSR count). The molecule has 3 aromatic heterocycles. The third-order valence-electron chi connectivity index (χ3n) is 7.54. The van der Waals surface area contributed by atoms with E-state index in [0.717, 1.165) is 41.0 Å². The molecule has 0 spiro atoms. The number of aliphatic hydroxyl groups excluding tert-OH is 1. The smallest absolute Gasteiger partial charge is 0.456 e. The molecule has 1 aliphatic heterocycles. The van der Waals surface area contributed by atoms with Crippen molar-refractivity contribution >= 4 is 61.4 Å². The quantitative estimate of drug-likeness (QED) is 0.194. The van der Waals surface area contributed by atoms with E-state index in [1.165, 1.54) is 0 Å². The fourth-order valence-corrected chi connectivity index (χ4v) is 6.68. The van der Waals surface area contributed by atoms with Gasteiger partial charge in [0.25, 0.3) is 0 Å². The molecule has 0 bridgehead atoms. The highest BCUT2D eigenvalue weighted by Crippen LogP contribution is 2.38. The zero-order valence-electron chi connectivity index (χ0n) is 22.2. The molecule has 0 aliphatic carbocycles. The van der Waals surface area contributed by atoms with Crippen LogP contribution < -0.4 is 5.46 Å². The summed E-state index contributed by atoms with van der Waals surface area (Å²) in [5.41, 5.74) is 2.17. The molecule has 2 aromatic carbocycles. The van der Waals surface area contributed by atoms with Crippen LogP contribution in [0.2, 0.25) is 0 Å². The van der Waals surface area contributed by atoms with Crippen molar-refractivity contribution in [1.29, 1.82) is 0 Å². The minimum Gasteiger partial charge on any atom is -0.456 e. The van der Waals surface area contributed by atoms with Crippen molar-refractivity contribution in [2.45, 2.75) is 52.1 Å². The molecule has 1 fully saturated rings. The SMILES string of the molecule is CC1(C)OB(c2cccc3sc(COC(=O)c4ccnc(-c5cccc6sc(CO)cc56)c4)cc23)OC1(C)C. The lowest BCUT2D eigenvalue weighted by atomic mass is 9.77. The van der Waals surface area contributed by atoms with Gasteiger partial charge in [-0.1, -0.05) is 24.3 Å². The minimum absolute atomic E-state index is 0.00548. The van der Waals surface area contributed by atoms with Gasteiger partial charge >= 0.3 is 13.1 Å². The van der Waals surface area contributed by atoms with E-state index in [2.05, 4.69) is 17.1 Å². The molecule has 1 aliphatic rings. The number of esters is 1. The highest BCUT2D eigenvalue weighted by molar-refractivity contribution is 7.19. The second-order valence-electron chi connectivity index (χ2n) is 10.7. The number of carbonyl (C=O) groups excluding carboxylic acids is 1. The molecule has 198 valence electrons. The first-order chi connectivity index (χ1) is 18.6. The molecule has 1 N–H and O–H groups in total. The molecule has 0 radical (unpaired) electrons. The zero-order chi connectivity index (χ0) is 27.4. The molecule has 39 heavy (non-hydrogen) atoms. The Balaban J connectivity index is 1.21. The highest BCUT2D eigenvalue weighted by Gasteiger charge is 2.52. The van der Waals surface area contributed by atoms with Crippen molar-refractivity contribution in [2.75, 3.05) is 0 Å². The van der Waals surface area contributed by atoms with Crippen LogP contribution in [0.5, 0.6) is 0 Å². The maximum atomic E-state index is 13.0. The van der Waals surface area contributed by atoms with Gasteiger partial charge in [0, 0.05) is 36.3 Å². The summed E-state index contributed by atoms with van der Waals surface area (Å²) in [5, 5.41) is 11.6. The van der Waals surface area contributed by atoms with E-state index in [4.69, 9.17) is 14.0 Å². The summed E-state index contributed by atoms with van der Waals surface area (Å²) in [6, 6.07) is 19.5. The predicted octanol–water partition coefficient (Wildman–Crippen LogP) is 6.33. The molecule has 0 saturated carbocycles. The Morgan fingerprint density at radius 1 is 0.923 bits per heavy atom. The predicted molar refractivity (Wildman–Crippen MR) is 158 cm³/mol. The highest BCUT2D eigenvalue weighted by atomic mass is 32.1. The van der Waals surface area contributed by atoms with Gasteiger partial charge in [-0.05, 0) is 74.9 Å². The van der Waals surface area contributed by atoms with Crippen LogP contribution in [-0.2, 0) is 27.3 Å². The molecule has 0 unspecified atom stereocenters. The van der Waals surface area contributed by atoms with E-state index in [1.54, 1.807) is 41.0 Å². The number of benzene rings is 2. The average Bonchev–Trinajstić information content (AvgIpc) is 3.59. The van der Waals surface area contributed by atoms with Crippen molar-refractivity contribution in [3.05, 3.63) is 82.2 Å². The Bertz CT molecular complexity index is 1690. The van der Waals surface area contributed by atoms with Crippen molar-refractivity contribution in [1.82, 2.24) is 4.98 Å². The van der Waals surface area contributed by atoms with Crippen LogP contribution >= 0.6 is 22.7 Å². The Hall–Kier alpha value is -3.08. The summed E-state index contributed by atoms with van der Waals surface area (Å²) in [4.78, 5) is 19.4. The minimum atomic E-state index is -0.458. The number of ether oxygens (including phenoxy) is 1. The maximum Gasteiger partial charge on any atom is 0.495 e. The topological polar surface area (TPSA) is 77.9 Å². The summed E-state index contributed by atoms with van der Waals surface area (Å²) in [6.07, 6.45) is 1.63. The fourth-order valence-electron chi connectivity index (χ4n) is 4.72. The van der Waals surface area contributed by atoms with E-state index in [1.807, 2.05) is 64.1 Å². The lowest BCUT2D eigenvalue weighted by Gasteiger charge is -2.32. The lowest BCUT2D eigenvalue weighted by Crippen LogP contribution is -2.41. The molecule has 5 aromatic rings. The summed E-state index contributed by atoms with van der Waals surface area (Å²) < 4.78 is 20.4. The van der Waals surface area contributed by atoms with Crippen LogP contribution in [0, 0.1) is 0 Å². The summed E-state index contributed by atoms with van der Waals surface area (Å²) in [7, 11) is -0.458. The van der Waals surface area contributed by atoms with Crippen LogP contribution in [0.15, 0.2) is 66.9 Å². The first kappa shape index (κ1) is 26.2. The average molecular weight is 558 g/mol. The summed E-state index contributed by atoms with van der Waals surface area (Å²) >= 11 is 3.14. The third-order valence-corrected chi connectivity index (χ3v) is 9.70. The van der Waals surface area contributed by atoms with E-state index in [9.17, 15) is 9.90 Å². The number of fused-ring (bicyclic) bond motifs is 2. The molecule has 1 saturated heterocycles. The number of aromatic nitrogens is 1. The molecule has 0 amide bonds. The van der Waals surface area contributed by atoms with E-state index < -0.39 is 24.3 Å². The second-order valence-corrected chi connectivity index (χ2v) is 13.0. The Morgan fingerprint density at radius 3 is 2.33 bits per heavy atom. The summed E-state index contributed by atoms with van der Waals surface area (Å²) in [5.74, 6) is -0.407. The van der Waals surface area contributed by atoms with E-state index >= 15 is 0 Å². The third kappa shape index (κ3) is 4.79. The second kappa shape index (κ2) is 9.84. The van der Waals surface area contributed by atoms with E-state index in [-0.39, 0.29) is 13.2 Å². The zero-order valence-corrected chi connectivity index (χ0v) is 23.8. The van der Waals surface area contributed by atoms with Crippen LogP contribution in [0.1, 0.15) is 47.8 Å². The molecule has 9 heteroatoms. The standard InChI is InChI=1S/C30H28BNO5S2/c1-29(2)30(3,4)37-31(36-29)24-8-6-10-27-23(24)15-20(39-27)17-35-28(34)18-11-12-32-25(13-18)21-7-5-9-26-22(21)14-19(16-33)38-26/h5-15,33H,16-17H2,1-4H3. The molecule has 6 nitrogen and oxygen atoms in total. The number of carbonyl (C=O) groups is 1. The van der Waals surface area contributed by atoms with E-state index in [0.29, 0.717) is 11.3 Å². The van der Waals surface area contributed by atoms with Gasteiger partial charge in [-0.25, -0.2) is 4.79 Å². The number of aliphatic hydroxyl groups is 1. The summed E-state index contributed by atoms with van der Waals surface area (Å²) in [6.45, 7) is 8.34. The van der Waals surface area contributed by atoms with Crippen LogP contribution in [0.3, 0.4) is 0 Å². The first-order valence-corrected chi connectivity index (χ1v) is 14.4. The lowest BCUT2D eigenvalue weighted by molar-refractivity contribution is 0.00578. The van der Waals surface area contributed by atoms with Gasteiger partial charge in [-0.3, -0.25) is 4.98 Å². The molecular formula is C30H28BNO5S2. The first-order valence-electron chi connectivity index (χ1n) is 12.8. The fraction of sp³-hybridized carbons (Fsp3) is 0.267. The number of pyridine rings is 1. The van der Waals surface area contributed by atoms with Gasteiger partial charge in [-0.15, -0.1) is 22.7 Å². The monoisotopic (exact) mass is 557 g/mol. The normalized spacial score (nSPS) is 16.3. The van der Waals surface area contributed by atoms with Crippen LogP contribution in [-0.4, -0.2) is 34.4 Å². The number of hydrogen-bond donors (Lipinski definition) is 1. The number of nitrogens with zero attached hydrogens (tertiary/aromatic N) is 1. The van der Waals surface area contributed by atoms with Gasteiger partial charge in [-0.2, -0.15) is 0 Å². The molecule has 0 atom stereocenters. The maximum absolute atomic E-state index is 13.0. The number of rotatable bonds is 6. The van der Waals surface area contributed by atoms with Crippen molar-refractivity contribution in [3.63, 3.8) is 0 Å². The van der Waals surface area contributed by atoms with Gasteiger partial charge in [0.15, 0.2) is 0 Å². The Kier molecular flexibility index (Phi) is 6.60. The van der Waals surface area contributed by atoms with Gasteiger partial charge in [0.05, 0.1) is 29.1 Å². The van der Waals surface area contributed by atoms with Crippen molar-refractivity contribution < 1.29 is 23.9 Å². The Morgan fingerprint density at radius 2 is 1.59 bits per heavy atom. The van der Waals surface area contributed by atoms with Gasteiger partial charge < -0.3 is 19.2 Å². The van der Waals surface area contributed by atoms with Crippen LogP contribution in [0.4, 0.5) is 0 Å². The number of thiophene rings is 2. The largest absolute Gasteiger partial charge is 0.495 e. The van der Waals surface area contributed by atoms with Gasteiger partial charge in [0.2, 0.25) is 0 Å². The van der Waals surface area contributed by atoms with Gasteiger partial charge in [0.1, 0.15) is 6.61 Å². The Labute approximate surface area is 235 Å².